The van der Waals surface area contributed by atoms with Crippen LogP contribution in [0.15, 0.2) is 48.5 Å². The number of benzene rings is 2. The minimum absolute atomic E-state index is 0.197. The quantitative estimate of drug-likeness (QED) is 0.270. The van der Waals surface area contributed by atoms with Gasteiger partial charge in [-0.05, 0) is 68.0 Å². The third kappa shape index (κ3) is 4.02. The molecular weight excluding hydrogens is 547 g/mol. The Balaban J connectivity index is 1.46. The van der Waals surface area contributed by atoms with Gasteiger partial charge in [-0.2, -0.15) is 0 Å². The molecule has 3 atom stereocenters. The van der Waals surface area contributed by atoms with Crippen LogP contribution in [0.25, 0.3) is 0 Å². The van der Waals surface area contributed by atoms with Crippen LogP contribution in [-0.4, -0.2) is 30.5 Å². The Labute approximate surface area is 233 Å². The number of aryl methyl sites for hydroxylation is 1. The van der Waals surface area contributed by atoms with E-state index in [1.54, 1.807) is 30.2 Å². The summed E-state index contributed by atoms with van der Waals surface area (Å²) in [6.45, 7) is 1.93. The number of esters is 1. The number of fused-ring (bicyclic) bond motifs is 2. The molecule has 2 fully saturated rings. The molecule has 38 heavy (non-hydrogen) atoms. The van der Waals surface area contributed by atoms with Crippen LogP contribution < -0.4 is 9.96 Å². The van der Waals surface area contributed by atoms with Gasteiger partial charge in [0.15, 0.2) is 6.10 Å². The van der Waals surface area contributed by atoms with E-state index in [0.717, 1.165) is 34.6 Å². The molecule has 3 aliphatic rings. The Morgan fingerprint density at radius 3 is 2.58 bits per heavy atom. The minimum atomic E-state index is -1.08. The number of rotatable bonds is 5. The van der Waals surface area contributed by atoms with Crippen molar-refractivity contribution in [3.05, 3.63) is 80.1 Å². The zero-order chi connectivity index (χ0) is 26.6. The van der Waals surface area contributed by atoms with Gasteiger partial charge in [-0.15, -0.1) is 11.3 Å². The first-order chi connectivity index (χ1) is 18.4. The molecule has 2 amide bonds. The second-order valence-corrected chi connectivity index (χ2v) is 11.4. The van der Waals surface area contributed by atoms with Crippen molar-refractivity contribution in [2.24, 2.45) is 5.92 Å². The molecule has 0 radical (unpaired) electrons. The number of hydroxylamine groups is 1. The summed E-state index contributed by atoms with van der Waals surface area (Å²) in [7, 11) is 0. The monoisotopic (exact) mass is 570 g/mol. The maximum Gasteiger partial charge on any atom is 0.341 e. The number of halogens is 2. The second kappa shape index (κ2) is 10.0. The van der Waals surface area contributed by atoms with Crippen molar-refractivity contribution >= 4 is 63.0 Å². The maximum atomic E-state index is 14.2. The number of imide groups is 1. The van der Waals surface area contributed by atoms with E-state index in [1.165, 1.54) is 11.3 Å². The topological polar surface area (TPSA) is 76.2 Å². The molecule has 196 valence electrons. The lowest BCUT2D eigenvalue weighted by molar-refractivity contribution is -0.126. The fourth-order valence-electron chi connectivity index (χ4n) is 5.59. The lowest BCUT2D eigenvalue weighted by Crippen LogP contribution is -2.37. The van der Waals surface area contributed by atoms with Gasteiger partial charge in [-0.1, -0.05) is 47.5 Å². The fraction of sp³-hybridized carbons (Fsp3) is 0.321. The van der Waals surface area contributed by atoms with E-state index in [4.69, 9.17) is 32.8 Å². The van der Waals surface area contributed by atoms with Crippen LogP contribution >= 0.6 is 34.5 Å². The Kier molecular flexibility index (Phi) is 6.68. The number of para-hydroxylation sites is 1. The third-order valence-corrected chi connectivity index (χ3v) is 9.08. The number of thiophene rings is 1. The highest BCUT2D eigenvalue weighted by Crippen LogP contribution is 2.51. The van der Waals surface area contributed by atoms with E-state index in [1.807, 2.05) is 30.3 Å². The normalized spacial score (nSPS) is 22.6. The predicted molar refractivity (Wildman–Crippen MR) is 146 cm³/mol. The van der Waals surface area contributed by atoms with Crippen LogP contribution in [0.5, 0.6) is 0 Å². The first-order valence-corrected chi connectivity index (χ1v) is 14.1. The predicted octanol–water partition coefficient (Wildman–Crippen LogP) is 6.16. The highest BCUT2D eigenvalue weighted by Gasteiger charge is 2.61. The van der Waals surface area contributed by atoms with Gasteiger partial charge in [0, 0.05) is 14.9 Å². The summed E-state index contributed by atoms with van der Waals surface area (Å²) in [6, 6.07) is 13.6. The van der Waals surface area contributed by atoms with Gasteiger partial charge < -0.3 is 4.74 Å². The Morgan fingerprint density at radius 1 is 1.08 bits per heavy atom. The summed E-state index contributed by atoms with van der Waals surface area (Å²) in [5.74, 6) is -2.32. The van der Waals surface area contributed by atoms with E-state index in [9.17, 15) is 14.4 Å². The Morgan fingerprint density at radius 2 is 1.84 bits per heavy atom. The van der Waals surface area contributed by atoms with Gasteiger partial charge in [-0.3, -0.25) is 14.4 Å². The number of carbonyl (C=O) groups excluding carboxylic acids is 3. The zero-order valence-corrected chi connectivity index (χ0v) is 22.8. The lowest BCUT2D eigenvalue weighted by atomic mass is 9.90. The fourth-order valence-corrected chi connectivity index (χ4v) is 7.50. The first-order valence-electron chi connectivity index (χ1n) is 12.6. The molecule has 1 aromatic heterocycles. The number of ether oxygens (including phenoxy) is 1. The molecule has 0 unspecified atom stereocenters. The van der Waals surface area contributed by atoms with Crippen LogP contribution in [0.1, 0.15) is 52.2 Å². The van der Waals surface area contributed by atoms with E-state index >= 15 is 0 Å². The zero-order valence-electron chi connectivity index (χ0n) is 20.5. The third-order valence-electron chi connectivity index (χ3n) is 7.24. The largest absolute Gasteiger partial charge is 0.462 e. The molecule has 10 heteroatoms. The molecule has 3 aromatic rings. The summed E-state index contributed by atoms with van der Waals surface area (Å²) in [4.78, 5) is 49.5. The molecular formula is C28H24Cl2N2O5S. The van der Waals surface area contributed by atoms with Crippen molar-refractivity contribution in [3.63, 3.8) is 0 Å². The van der Waals surface area contributed by atoms with Gasteiger partial charge in [0.1, 0.15) is 10.9 Å². The number of hydrogen-bond acceptors (Lipinski definition) is 7. The molecule has 2 aliphatic heterocycles. The van der Waals surface area contributed by atoms with Crippen LogP contribution in [0.3, 0.4) is 0 Å². The summed E-state index contributed by atoms with van der Waals surface area (Å²) < 4.78 is 5.36. The highest BCUT2D eigenvalue weighted by molar-refractivity contribution is 7.17. The Bertz CT molecular complexity index is 1440. The van der Waals surface area contributed by atoms with E-state index < -0.39 is 35.8 Å². The van der Waals surface area contributed by atoms with Crippen LogP contribution in [0.4, 0.5) is 10.7 Å². The first kappa shape index (κ1) is 25.4. The average Bonchev–Trinajstić information content (AvgIpc) is 3.55. The molecule has 0 bridgehead atoms. The van der Waals surface area contributed by atoms with Crippen LogP contribution in [0.2, 0.25) is 10.0 Å². The molecule has 1 aliphatic carbocycles. The van der Waals surface area contributed by atoms with Crippen molar-refractivity contribution in [1.29, 1.82) is 0 Å². The van der Waals surface area contributed by atoms with E-state index in [-0.39, 0.29) is 6.61 Å². The molecule has 0 spiro atoms. The van der Waals surface area contributed by atoms with Crippen molar-refractivity contribution in [1.82, 2.24) is 0 Å². The van der Waals surface area contributed by atoms with Gasteiger partial charge in [0.2, 0.25) is 5.91 Å². The molecule has 0 N–H and O–H groups in total. The van der Waals surface area contributed by atoms with E-state index in [2.05, 4.69) is 0 Å². The minimum Gasteiger partial charge on any atom is -0.462 e. The molecule has 0 saturated carbocycles. The molecule has 7 nitrogen and oxygen atoms in total. The van der Waals surface area contributed by atoms with Crippen LogP contribution in [0, 0.1) is 5.92 Å². The maximum absolute atomic E-state index is 14.2. The second-order valence-electron chi connectivity index (χ2n) is 9.45. The van der Waals surface area contributed by atoms with E-state index in [0.29, 0.717) is 38.3 Å². The summed E-state index contributed by atoms with van der Waals surface area (Å²) in [5.41, 5.74) is 2.51. The van der Waals surface area contributed by atoms with Crippen molar-refractivity contribution < 1.29 is 24.0 Å². The lowest BCUT2D eigenvalue weighted by Gasteiger charge is -2.29. The summed E-state index contributed by atoms with van der Waals surface area (Å²) in [5, 5.41) is 2.74. The smallest absolute Gasteiger partial charge is 0.341 e. The average molecular weight is 571 g/mol. The molecule has 3 heterocycles. The number of carbonyl (C=O) groups is 3. The van der Waals surface area contributed by atoms with Gasteiger partial charge in [-0.25, -0.2) is 14.8 Å². The Hall–Kier alpha value is -2.91. The molecule has 2 saturated heterocycles. The number of hydrogen-bond donors (Lipinski definition) is 0. The van der Waals surface area contributed by atoms with Gasteiger partial charge in [0.05, 0.1) is 23.9 Å². The summed E-state index contributed by atoms with van der Waals surface area (Å²) in [6.07, 6.45) is 2.37. The molecule has 2 aromatic carbocycles. The van der Waals surface area contributed by atoms with Gasteiger partial charge in [0.25, 0.3) is 5.91 Å². The van der Waals surface area contributed by atoms with Crippen molar-refractivity contribution in [3.8, 4) is 0 Å². The van der Waals surface area contributed by atoms with Crippen molar-refractivity contribution in [2.75, 3.05) is 16.6 Å². The van der Waals surface area contributed by atoms with Crippen LogP contribution in [-0.2, 0) is 32.0 Å². The highest BCUT2D eigenvalue weighted by atomic mass is 35.5. The number of nitrogens with zero attached hydrogens (tertiary/aromatic N) is 2. The SMILES string of the molecule is CCOC(=O)c1c(N2C(=O)[C@H]3[C@@H](ON(c4ccccc4)[C@H]3c3ccc(Cl)cc3Cl)C2=O)sc2c1CCCC2. The molecule has 6 rings (SSSR count). The van der Waals surface area contributed by atoms with Gasteiger partial charge >= 0.3 is 5.97 Å². The standard InChI is InChI=1S/C28H24Cl2N2O5S/c1-2-36-28(35)21-18-10-6-7-11-20(18)38-27(21)31-25(33)22-23(17-13-12-15(29)14-19(17)30)32(37-24(22)26(31)34)16-8-4-3-5-9-16/h3-5,8-9,12-14,22-24H,2,6-7,10-11H2,1H3/t22-,23+,24-/m1/s1. The summed E-state index contributed by atoms with van der Waals surface area (Å²) >= 11 is 14.1. The number of amides is 2. The number of anilines is 2. The van der Waals surface area contributed by atoms with Crippen molar-refractivity contribution in [2.45, 2.75) is 44.8 Å².